The van der Waals surface area contributed by atoms with Gasteiger partial charge in [-0.3, -0.25) is 14.2 Å². The van der Waals surface area contributed by atoms with E-state index >= 15 is 0 Å². The number of benzene rings is 1. The lowest BCUT2D eigenvalue weighted by molar-refractivity contribution is -0.858. The number of rotatable bonds is 7. The van der Waals surface area contributed by atoms with Crippen LogP contribution in [-0.4, -0.2) is 42.6 Å². The fraction of sp³-hybridized carbons (Fsp3) is 0.286. The number of pyridine rings is 2. The van der Waals surface area contributed by atoms with Crippen LogP contribution >= 0.6 is 0 Å². The highest BCUT2D eigenvalue weighted by Gasteiger charge is 2.16. The first-order valence-corrected chi connectivity index (χ1v) is 9.26. The topological polar surface area (TPSA) is 68.4 Å². The van der Waals surface area contributed by atoms with Gasteiger partial charge in [-0.1, -0.05) is 12.1 Å². The van der Waals surface area contributed by atoms with Crippen molar-refractivity contribution in [3.05, 3.63) is 76.0 Å². The number of carbonyl (C=O) groups is 1. The summed E-state index contributed by atoms with van der Waals surface area (Å²) >= 11 is 0. The lowest BCUT2D eigenvalue weighted by atomic mass is 10.1. The Balaban J connectivity index is 1.93. The van der Waals surface area contributed by atoms with E-state index < -0.39 is 11.5 Å². The second kappa shape index (κ2) is 8.75. The summed E-state index contributed by atoms with van der Waals surface area (Å²) < 4.78 is 14.6. The number of halogens is 1. The standard InChI is InChI=1S/C21H23FN4O2/c1-25(2)12-4-11-24-20(27)18-13-16-5-3-10-23-19(16)26(21(18)28)14-15-6-8-17(22)9-7-15/h3,5-10,13H,4,11-12,14H2,1-2H3,(H,24,27)/p+1. The maximum absolute atomic E-state index is 13.2. The molecule has 7 heteroatoms. The first kappa shape index (κ1) is 19.7. The quantitative estimate of drug-likeness (QED) is 0.595. The summed E-state index contributed by atoms with van der Waals surface area (Å²) in [6.45, 7) is 1.64. The Bertz CT molecular complexity index is 1030. The Kier molecular flexibility index (Phi) is 6.16. The van der Waals surface area contributed by atoms with Gasteiger partial charge in [-0.15, -0.1) is 0 Å². The summed E-state index contributed by atoms with van der Waals surface area (Å²) in [4.78, 5) is 31.2. The van der Waals surface area contributed by atoms with E-state index in [0.717, 1.165) is 18.5 Å². The van der Waals surface area contributed by atoms with Crippen LogP contribution in [0, 0.1) is 5.82 Å². The molecule has 1 aromatic carbocycles. The third-order valence-electron chi connectivity index (χ3n) is 4.49. The third kappa shape index (κ3) is 4.61. The molecule has 0 aliphatic rings. The van der Waals surface area contributed by atoms with Crippen molar-refractivity contribution in [3.8, 4) is 0 Å². The number of nitrogens with one attached hydrogen (secondary N) is 2. The van der Waals surface area contributed by atoms with E-state index in [-0.39, 0.29) is 17.9 Å². The number of nitrogens with zero attached hydrogens (tertiary/aromatic N) is 2. The van der Waals surface area contributed by atoms with Crippen molar-refractivity contribution >= 4 is 16.9 Å². The number of hydrogen-bond donors (Lipinski definition) is 2. The molecule has 2 heterocycles. The minimum Gasteiger partial charge on any atom is -0.352 e. The van der Waals surface area contributed by atoms with Crippen LogP contribution in [0.3, 0.4) is 0 Å². The molecule has 0 radical (unpaired) electrons. The Labute approximate surface area is 162 Å². The summed E-state index contributed by atoms with van der Waals surface area (Å²) in [7, 11) is 4.10. The maximum atomic E-state index is 13.2. The zero-order valence-corrected chi connectivity index (χ0v) is 16.0. The zero-order valence-electron chi connectivity index (χ0n) is 16.0. The van der Waals surface area contributed by atoms with Crippen molar-refractivity contribution in [2.24, 2.45) is 0 Å². The normalized spacial score (nSPS) is 11.1. The predicted molar refractivity (Wildman–Crippen MR) is 106 cm³/mol. The molecule has 1 amide bonds. The molecule has 2 aromatic heterocycles. The lowest BCUT2D eigenvalue weighted by Crippen LogP contribution is -3.05. The first-order chi connectivity index (χ1) is 13.5. The molecule has 0 atom stereocenters. The summed E-state index contributed by atoms with van der Waals surface area (Å²) in [6.07, 6.45) is 2.43. The maximum Gasteiger partial charge on any atom is 0.265 e. The second-order valence-corrected chi connectivity index (χ2v) is 7.06. The molecular weight excluding hydrogens is 359 g/mol. The van der Waals surface area contributed by atoms with Gasteiger partial charge >= 0.3 is 0 Å². The smallest absolute Gasteiger partial charge is 0.265 e. The molecule has 6 nitrogen and oxygen atoms in total. The van der Waals surface area contributed by atoms with Gasteiger partial charge in [0, 0.05) is 24.5 Å². The first-order valence-electron chi connectivity index (χ1n) is 9.26. The third-order valence-corrected chi connectivity index (χ3v) is 4.49. The Morgan fingerprint density at radius 1 is 1.21 bits per heavy atom. The van der Waals surface area contributed by atoms with E-state index in [9.17, 15) is 14.0 Å². The highest BCUT2D eigenvalue weighted by atomic mass is 19.1. The number of hydrogen-bond acceptors (Lipinski definition) is 3. The van der Waals surface area contributed by atoms with Gasteiger partial charge in [-0.05, 0) is 35.9 Å². The van der Waals surface area contributed by atoms with Gasteiger partial charge in [0.05, 0.1) is 27.2 Å². The van der Waals surface area contributed by atoms with Gasteiger partial charge in [0.2, 0.25) is 0 Å². The monoisotopic (exact) mass is 383 g/mol. The fourth-order valence-corrected chi connectivity index (χ4v) is 3.03. The van der Waals surface area contributed by atoms with Crippen molar-refractivity contribution in [1.82, 2.24) is 14.9 Å². The molecule has 3 rings (SSSR count). The minimum absolute atomic E-state index is 0.0832. The van der Waals surface area contributed by atoms with Gasteiger partial charge in [0.15, 0.2) is 0 Å². The molecule has 2 N–H and O–H groups in total. The van der Waals surface area contributed by atoms with Crippen LogP contribution in [0.25, 0.3) is 11.0 Å². The Morgan fingerprint density at radius 3 is 2.68 bits per heavy atom. The molecule has 0 aliphatic carbocycles. The van der Waals surface area contributed by atoms with Crippen molar-refractivity contribution in [3.63, 3.8) is 0 Å². The van der Waals surface area contributed by atoms with E-state index in [1.807, 2.05) is 20.2 Å². The van der Waals surface area contributed by atoms with Crippen molar-refractivity contribution < 1.29 is 14.1 Å². The number of carbonyl (C=O) groups excluding carboxylic acids is 1. The minimum atomic E-state index is -0.411. The van der Waals surface area contributed by atoms with Gasteiger partial charge in [0.1, 0.15) is 17.0 Å². The van der Waals surface area contributed by atoms with Gasteiger partial charge in [-0.25, -0.2) is 9.37 Å². The highest BCUT2D eigenvalue weighted by molar-refractivity contribution is 5.96. The summed E-state index contributed by atoms with van der Waals surface area (Å²) in [5, 5.41) is 3.52. The zero-order chi connectivity index (χ0) is 20.1. The van der Waals surface area contributed by atoms with Crippen molar-refractivity contribution in [2.75, 3.05) is 27.2 Å². The van der Waals surface area contributed by atoms with Crippen LogP contribution in [0.4, 0.5) is 4.39 Å². The molecule has 0 saturated carbocycles. The van der Waals surface area contributed by atoms with Crippen LogP contribution in [0.5, 0.6) is 0 Å². The number of aromatic nitrogens is 2. The molecule has 0 bridgehead atoms. The molecule has 0 spiro atoms. The van der Waals surface area contributed by atoms with E-state index in [2.05, 4.69) is 10.3 Å². The van der Waals surface area contributed by atoms with E-state index in [1.165, 1.54) is 21.6 Å². The van der Waals surface area contributed by atoms with Crippen LogP contribution < -0.4 is 15.8 Å². The second-order valence-electron chi connectivity index (χ2n) is 7.06. The average Bonchev–Trinajstić information content (AvgIpc) is 2.68. The van der Waals surface area contributed by atoms with Gasteiger partial charge in [0.25, 0.3) is 11.5 Å². The van der Waals surface area contributed by atoms with Crippen molar-refractivity contribution in [1.29, 1.82) is 0 Å². The van der Waals surface area contributed by atoms with Crippen LogP contribution in [-0.2, 0) is 6.54 Å². The van der Waals surface area contributed by atoms with Crippen molar-refractivity contribution in [2.45, 2.75) is 13.0 Å². The Morgan fingerprint density at radius 2 is 1.96 bits per heavy atom. The molecule has 28 heavy (non-hydrogen) atoms. The molecule has 146 valence electrons. The average molecular weight is 383 g/mol. The molecular formula is C21H24FN4O2+. The van der Waals surface area contributed by atoms with Crippen LogP contribution in [0.1, 0.15) is 22.3 Å². The molecule has 0 fully saturated rings. The van der Waals surface area contributed by atoms with E-state index in [4.69, 9.17) is 0 Å². The highest BCUT2D eigenvalue weighted by Crippen LogP contribution is 2.13. The molecule has 0 saturated heterocycles. The van der Waals surface area contributed by atoms with E-state index in [1.54, 1.807) is 30.5 Å². The van der Waals surface area contributed by atoms with Gasteiger partial charge < -0.3 is 10.2 Å². The molecule has 0 aliphatic heterocycles. The van der Waals surface area contributed by atoms with Crippen LogP contribution in [0.2, 0.25) is 0 Å². The van der Waals surface area contributed by atoms with Gasteiger partial charge in [-0.2, -0.15) is 0 Å². The predicted octanol–water partition coefficient (Wildman–Crippen LogP) is 0.848. The molecule has 0 unspecified atom stereocenters. The SMILES string of the molecule is C[NH+](C)CCCNC(=O)c1cc2cccnc2n(Cc2ccc(F)cc2)c1=O. The fourth-order valence-electron chi connectivity index (χ4n) is 3.03. The summed E-state index contributed by atoms with van der Waals surface area (Å²) in [5.74, 6) is -0.732. The summed E-state index contributed by atoms with van der Waals surface area (Å²) in [5.41, 5.74) is 0.914. The number of fused-ring (bicyclic) bond motifs is 1. The number of quaternary nitrogens is 1. The summed E-state index contributed by atoms with van der Waals surface area (Å²) in [6, 6.07) is 11.1. The Hall–Kier alpha value is -3.06. The lowest BCUT2D eigenvalue weighted by Gasteiger charge is -2.13. The molecule has 3 aromatic rings. The number of amides is 1. The van der Waals surface area contributed by atoms with Crippen LogP contribution in [0.15, 0.2) is 53.5 Å². The largest absolute Gasteiger partial charge is 0.352 e. The van der Waals surface area contributed by atoms with E-state index in [0.29, 0.717) is 17.6 Å².